The molecule has 0 aromatic heterocycles. The molecule has 0 amide bonds. The molecule has 590 valence electrons. The molecule has 0 spiro atoms. The third kappa shape index (κ3) is 39.5. The number of hydrogen-bond acceptors (Lipinski definition) is 23. The first-order valence-corrected chi connectivity index (χ1v) is 41.3. The Balaban J connectivity index is 1.69. The number of phosphoric acid groups is 1. The molecule has 24 nitrogen and oxygen atoms in total. The van der Waals surface area contributed by atoms with Gasteiger partial charge in [0.2, 0.25) is 0 Å². The second-order valence-electron chi connectivity index (χ2n) is 28.8. The van der Waals surface area contributed by atoms with Crippen molar-refractivity contribution in [1.29, 1.82) is 0 Å². The zero-order valence-corrected chi connectivity index (χ0v) is 62.7. The van der Waals surface area contributed by atoms with Crippen molar-refractivity contribution in [2.75, 3.05) is 26.4 Å². The van der Waals surface area contributed by atoms with E-state index in [4.69, 9.17) is 42.2 Å². The third-order valence-electron chi connectivity index (χ3n) is 19.9. The van der Waals surface area contributed by atoms with E-state index in [0.717, 1.165) is 89.9 Å². The lowest BCUT2D eigenvalue weighted by Crippen LogP contribution is -2.69. The molecule has 11 N–H and O–H groups in total. The zero-order chi connectivity index (χ0) is 73.2. The maximum atomic E-state index is 14.3. The number of aliphatic hydroxyl groups excluding tert-OH is 10. The number of hydrogen-bond donors (Lipinski definition) is 11. The molecule has 0 aromatic carbocycles. The Hall–Kier alpha value is -2.04. The Morgan fingerprint density at radius 1 is 0.350 bits per heavy atom. The Morgan fingerprint density at radius 2 is 0.640 bits per heavy atom. The van der Waals surface area contributed by atoms with Crippen molar-refractivity contribution in [3.8, 4) is 0 Å². The van der Waals surface area contributed by atoms with Gasteiger partial charge in [0, 0.05) is 19.3 Å². The van der Waals surface area contributed by atoms with Crippen molar-refractivity contribution in [3.05, 3.63) is 0 Å². The predicted molar refractivity (Wildman–Crippen MR) is 379 cm³/mol. The van der Waals surface area contributed by atoms with E-state index in [1.54, 1.807) is 0 Å². The minimum absolute atomic E-state index is 0.0335. The normalized spacial score (nSPS) is 27.3. The summed E-state index contributed by atoms with van der Waals surface area (Å²) in [7, 11) is -5.69. The van der Waals surface area contributed by atoms with E-state index < -0.39 is 156 Å². The van der Waals surface area contributed by atoms with Gasteiger partial charge in [0.25, 0.3) is 0 Å². The Kier molecular flexibility index (Phi) is 52.7. The van der Waals surface area contributed by atoms with E-state index in [1.807, 2.05) is 0 Å². The van der Waals surface area contributed by atoms with Crippen LogP contribution in [0.3, 0.4) is 0 Å². The summed E-state index contributed by atoms with van der Waals surface area (Å²) < 4.78 is 65.1. The fraction of sp³-hybridized carbons (Fsp3) is 0.960. The maximum Gasteiger partial charge on any atom is 0.472 e. The van der Waals surface area contributed by atoms with Gasteiger partial charge in [-0.25, -0.2) is 4.57 Å². The van der Waals surface area contributed by atoms with Crippen molar-refractivity contribution >= 4 is 25.7 Å². The summed E-state index contributed by atoms with van der Waals surface area (Å²) in [4.78, 5) is 51.1. The molecule has 0 radical (unpaired) electrons. The Bertz CT molecular complexity index is 2060. The number of carbonyl (C=O) groups excluding carboxylic acids is 3. The topological polar surface area (TPSA) is 374 Å². The van der Waals surface area contributed by atoms with Crippen molar-refractivity contribution in [1.82, 2.24) is 0 Å². The highest BCUT2D eigenvalue weighted by molar-refractivity contribution is 7.47. The van der Waals surface area contributed by atoms with Crippen LogP contribution >= 0.6 is 7.82 Å². The van der Waals surface area contributed by atoms with Crippen LogP contribution in [0.15, 0.2) is 0 Å². The fourth-order valence-corrected chi connectivity index (χ4v) is 14.4. The summed E-state index contributed by atoms with van der Waals surface area (Å²) >= 11 is 0. The Morgan fingerprint density at radius 3 is 0.980 bits per heavy atom. The highest BCUT2D eigenvalue weighted by Gasteiger charge is 2.58. The average molecular weight is 1460 g/mol. The van der Waals surface area contributed by atoms with Crippen LogP contribution in [-0.2, 0) is 61.2 Å². The van der Waals surface area contributed by atoms with E-state index >= 15 is 0 Å². The van der Waals surface area contributed by atoms with Crippen LogP contribution < -0.4 is 0 Å². The van der Waals surface area contributed by atoms with Crippen molar-refractivity contribution in [2.45, 2.75) is 433 Å². The number of esters is 3. The molecule has 25 heteroatoms. The van der Waals surface area contributed by atoms with Gasteiger partial charge in [-0.05, 0) is 19.3 Å². The number of aliphatic hydroxyl groups is 10. The minimum atomic E-state index is -5.69. The first kappa shape index (κ1) is 92.2. The summed E-state index contributed by atoms with van der Waals surface area (Å²) in [6.07, 6.45) is 15.8. The molecule has 3 fully saturated rings. The van der Waals surface area contributed by atoms with Gasteiger partial charge < -0.3 is 89.1 Å². The van der Waals surface area contributed by atoms with Gasteiger partial charge in [-0.3, -0.25) is 23.4 Å². The summed E-state index contributed by atoms with van der Waals surface area (Å²) in [6.45, 7) is 3.49. The SMILES string of the molecule is CCCCCCCCCCCCCCCCCCCC(=O)OCC(COP(=O)(O)OC1C(OC2OC(CO)C(O)C(O)C2O)C(O)C(O)C(O)C1OC1OC(COC(=O)CCCCCCCCCCCCCCCCCC)C(O)C(O)C1O)OC(=O)CCCCCCCCCCCCCC. The second kappa shape index (κ2) is 57.2. The molecule has 2 heterocycles. The van der Waals surface area contributed by atoms with Crippen molar-refractivity contribution < 1.29 is 117 Å². The second-order valence-corrected chi connectivity index (χ2v) is 30.2. The first-order valence-electron chi connectivity index (χ1n) is 39.8. The van der Waals surface area contributed by atoms with Crippen LogP contribution in [-0.4, -0.2) is 204 Å². The van der Waals surface area contributed by atoms with Crippen LogP contribution in [0.1, 0.15) is 329 Å². The molecule has 100 heavy (non-hydrogen) atoms. The molecule has 18 atom stereocenters. The molecular weight excluding hydrogens is 1320 g/mol. The van der Waals surface area contributed by atoms with Gasteiger partial charge in [-0.2, -0.15) is 0 Å². The van der Waals surface area contributed by atoms with Crippen LogP contribution in [0.2, 0.25) is 0 Å². The molecule has 2 aliphatic heterocycles. The van der Waals surface area contributed by atoms with Crippen LogP contribution in [0.5, 0.6) is 0 Å². The smallest absolute Gasteiger partial charge is 0.463 e. The predicted octanol–water partition coefficient (Wildman–Crippen LogP) is 11.7. The molecule has 1 aliphatic carbocycles. The molecular formula is C75H141O24P. The van der Waals surface area contributed by atoms with E-state index in [0.29, 0.717) is 19.3 Å². The average Bonchev–Trinajstić information content (AvgIpc) is 0.777. The molecule has 18 unspecified atom stereocenters. The zero-order valence-electron chi connectivity index (χ0n) is 61.8. The molecule has 2 saturated heterocycles. The minimum Gasteiger partial charge on any atom is -0.463 e. The fourth-order valence-electron chi connectivity index (χ4n) is 13.4. The van der Waals surface area contributed by atoms with Gasteiger partial charge >= 0.3 is 25.7 Å². The first-order chi connectivity index (χ1) is 48.3. The van der Waals surface area contributed by atoms with Gasteiger partial charge in [0.05, 0.1) is 13.2 Å². The summed E-state index contributed by atoms with van der Waals surface area (Å²) in [6, 6.07) is 0. The van der Waals surface area contributed by atoms with E-state index in [9.17, 15) is 74.9 Å². The number of ether oxygens (including phenoxy) is 7. The molecule has 3 rings (SSSR count). The van der Waals surface area contributed by atoms with E-state index in [1.165, 1.54) is 180 Å². The highest BCUT2D eigenvalue weighted by Crippen LogP contribution is 2.49. The van der Waals surface area contributed by atoms with Crippen LogP contribution in [0, 0.1) is 0 Å². The highest BCUT2D eigenvalue weighted by atomic mass is 31.2. The van der Waals surface area contributed by atoms with Crippen molar-refractivity contribution in [2.24, 2.45) is 0 Å². The van der Waals surface area contributed by atoms with Gasteiger partial charge in [0.15, 0.2) is 18.7 Å². The van der Waals surface area contributed by atoms with Gasteiger partial charge in [-0.1, -0.05) is 290 Å². The largest absolute Gasteiger partial charge is 0.472 e. The van der Waals surface area contributed by atoms with E-state index in [2.05, 4.69) is 20.8 Å². The Labute approximate surface area is 600 Å². The monoisotopic (exact) mass is 1460 g/mol. The molecule has 1 saturated carbocycles. The number of unbranched alkanes of at least 4 members (excludes halogenated alkanes) is 42. The molecule has 3 aliphatic rings. The van der Waals surface area contributed by atoms with Gasteiger partial charge in [-0.15, -0.1) is 0 Å². The number of rotatable bonds is 63. The standard InChI is InChI=1S/C75H141O24P/c1-4-7-10-13-16-19-22-25-27-29-31-33-35-37-40-43-46-49-59(77)91-53-56(94-61(79)51-48-45-42-39-34-24-21-18-15-12-9-6-3)54-93-100(89,90)99-73-71(97-74-69(87)64(82)62(80)57(52-76)95-74)67(85)66(84)68(86)72(73)98-75-70(88)65(83)63(81)58(96-75)55-92-60(78)50-47-44-41-38-36-32-30-28-26-23-20-17-14-11-8-5-2/h56-58,62-76,80-88H,4-55H2,1-3H3,(H,89,90). The summed E-state index contributed by atoms with van der Waals surface area (Å²) in [5, 5.41) is 110. The number of phosphoric ester groups is 1. The summed E-state index contributed by atoms with van der Waals surface area (Å²) in [5.41, 5.74) is 0. The van der Waals surface area contributed by atoms with Crippen LogP contribution in [0.4, 0.5) is 0 Å². The maximum absolute atomic E-state index is 14.3. The molecule has 0 bridgehead atoms. The lowest BCUT2D eigenvalue weighted by Gasteiger charge is -2.49. The number of carbonyl (C=O) groups is 3. The lowest BCUT2D eigenvalue weighted by atomic mass is 9.84. The van der Waals surface area contributed by atoms with Crippen molar-refractivity contribution in [3.63, 3.8) is 0 Å². The molecule has 0 aromatic rings. The third-order valence-corrected chi connectivity index (χ3v) is 20.9. The quantitative estimate of drug-likeness (QED) is 0.0117. The lowest BCUT2D eigenvalue weighted by molar-refractivity contribution is -0.360. The van der Waals surface area contributed by atoms with Gasteiger partial charge in [0.1, 0.15) is 98.7 Å². The van der Waals surface area contributed by atoms with Crippen LogP contribution in [0.25, 0.3) is 0 Å². The van der Waals surface area contributed by atoms with E-state index in [-0.39, 0.29) is 19.3 Å². The summed E-state index contributed by atoms with van der Waals surface area (Å²) in [5.74, 6) is -1.97.